The first-order valence-electron chi connectivity index (χ1n) is 7.17. The van der Waals surface area contributed by atoms with Crippen LogP contribution in [0.5, 0.6) is 0 Å². The molecule has 1 amide bonds. The number of aliphatic hydroxyl groups is 1. The first-order chi connectivity index (χ1) is 9.65. The van der Waals surface area contributed by atoms with Gasteiger partial charge in [0.15, 0.2) is 0 Å². The minimum Gasteiger partial charge on any atom is -0.392 e. The quantitative estimate of drug-likeness (QED) is 0.868. The van der Waals surface area contributed by atoms with Gasteiger partial charge in [-0.25, -0.2) is 4.98 Å². The van der Waals surface area contributed by atoms with Crippen molar-refractivity contribution in [2.24, 2.45) is 5.92 Å². The zero-order valence-corrected chi connectivity index (χ0v) is 12.5. The summed E-state index contributed by atoms with van der Waals surface area (Å²) in [6.45, 7) is 4.90. The van der Waals surface area contributed by atoms with Gasteiger partial charge in [0.2, 0.25) is 11.0 Å². The van der Waals surface area contributed by atoms with E-state index in [0.717, 1.165) is 43.3 Å². The van der Waals surface area contributed by atoms with Gasteiger partial charge in [-0.1, -0.05) is 0 Å². The third-order valence-corrected chi connectivity index (χ3v) is 5.04. The maximum atomic E-state index is 12.4. The molecule has 1 saturated heterocycles. The van der Waals surface area contributed by atoms with Crippen LogP contribution in [-0.2, 0) is 4.79 Å². The van der Waals surface area contributed by atoms with Crippen LogP contribution in [0.3, 0.4) is 0 Å². The number of nitrogens with zero attached hydrogens (tertiary/aromatic N) is 4. The molecular formula is C13H20N4O2S. The van der Waals surface area contributed by atoms with Crippen LogP contribution in [0.2, 0.25) is 0 Å². The van der Waals surface area contributed by atoms with Crippen LogP contribution in [0.1, 0.15) is 25.1 Å². The molecular weight excluding hydrogens is 276 g/mol. The molecule has 1 aliphatic carbocycles. The van der Waals surface area contributed by atoms with E-state index in [4.69, 9.17) is 0 Å². The summed E-state index contributed by atoms with van der Waals surface area (Å²) in [5.74, 6) is 0.756. The van der Waals surface area contributed by atoms with Gasteiger partial charge in [-0.2, -0.15) is 4.37 Å². The third kappa shape index (κ3) is 2.64. The van der Waals surface area contributed by atoms with Crippen molar-refractivity contribution in [1.82, 2.24) is 14.3 Å². The van der Waals surface area contributed by atoms with E-state index in [1.54, 1.807) is 0 Å². The Kier molecular flexibility index (Phi) is 3.89. The summed E-state index contributed by atoms with van der Waals surface area (Å²) in [7, 11) is 0. The number of carbonyl (C=O) groups excluding carboxylic acids is 1. The van der Waals surface area contributed by atoms with E-state index >= 15 is 0 Å². The van der Waals surface area contributed by atoms with Crippen molar-refractivity contribution in [2.75, 3.05) is 31.1 Å². The number of carbonyl (C=O) groups is 1. The topological polar surface area (TPSA) is 69.6 Å². The van der Waals surface area contributed by atoms with Crippen molar-refractivity contribution in [2.45, 2.75) is 32.3 Å². The highest BCUT2D eigenvalue weighted by molar-refractivity contribution is 7.09. The van der Waals surface area contributed by atoms with Crippen molar-refractivity contribution >= 4 is 22.6 Å². The van der Waals surface area contributed by atoms with Crippen LogP contribution in [0.4, 0.5) is 5.13 Å². The van der Waals surface area contributed by atoms with E-state index in [1.807, 2.05) is 11.8 Å². The minimum absolute atomic E-state index is 0.128. The minimum atomic E-state index is -0.439. The summed E-state index contributed by atoms with van der Waals surface area (Å²) in [5, 5.41) is 10.8. The number of hydrogen-bond acceptors (Lipinski definition) is 6. The lowest BCUT2D eigenvalue weighted by atomic mass is 10.0. The Morgan fingerprint density at radius 2 is 2.05 bits per heavy atom. The normalized spacial score (nSPS) is 27.1. The number of piperazine rings is 1. The lowest BCUT2D eigenvalue weighted by Gasteiger charge is -2.36. The predicted octanol–water partition coefficient (Wildman–Crippen LogP) is 0.656. The van der Waals surface area contributed by atoms with E-state index in [9.17, 15) is 9.90 Å². The highest BCUT2D eigenvalue weighted by atomic mass is 32.1. The van der Waals surface area contributed by atoms with Crippen LogP contribution in [0, 0.1) is 12.8 Å². The largest absolute Gasteiger partial charge is 0.392 e. The van der Waals surface area contributed by atoms with Gasteiger partial charge in [0.05, 0.1) is 12.0 Å². The lowest BCUT2D eigenvalue weighted by Crippen LogP contribution is -2.51. The molecule has 2 fully saturated rings. The molecule has 1 N–H and O–H groups in total. The monoisotopic (exact) mass is 296 g/mol. The molecule has 0 spiro atoms. The fourth-order valence-corrected chi connectivity index (χ4v) is 3.72. The van der Waals surface area contributed by atoms with Gasteiger partial charge < -0.3 is 14.9 Å². The Balaban J connectivity index is 1.57. The van der Waals surface area contributed by atoms with Crippen LogP contribution in [0.25, 0.3) is 0 Å². The molecule has 0 radical (unpaired) electrons. The smallest absolute Gasteiger partial charge is 0.228 e. The van der Waals surface area contributed by atoms with Gasteiger partial charge in [0, 0.05) is 37.7 Å². The zero-order valence-electron chi connectivity index (χ0n) is 11.7. The first kappa shape index (κ1) is 13.8. The van der Waals surface area contributed by atoms with Crippen LogP contribution in [0.15, 0.2) is 0 Å². The van der Waals surface area contributed by atoms with E-state index < -0.39 is 6.10 Å². The summed E-state index contributed by atoms with van der Waals surface area (Å²) in [6, 6.07) is 0. The fraction of sp³-hybridized carbons (Fsp3) is 0.769. The fourth-order valence-electron chi connectivity index (χ4n) is 3.00. The second kappa shape index (κ2) is 5.65. The van der Waals surface area contributed by atoms with Gasteiger partial charge >= 0.3 is 0 Å². The molecule has 1 saturated carbocycles. The molecule has 1 aliphatic heterocycles. The van der Waals surface area contributed by atoms with Gasteiger partial charge in [-0.05, 0) is 26.2 Å². The number of amides is 1. The molecule has 20 heavy (non-hydrogen) atoms. The lowest BCUT2D eigenvalue weighted by molar-refractivity contribution is -0.138. The summed E-state index contributed by atoms with van der Waals surface area (Å²) in [4.78, 5) is 20.8. The third-order valence-electron chi connectivity index (χ3n) is 4.18. The van der Waals surface area contributed by atoms with E-state index in [0.29, 0.717) is 13.1 Å². The van der Waals surface area contributed by atoms with Crippen molar-refractivity contribution < 1.29 is 9.90 Å². The number of hydrogen-bond donors (Lipinski definition) is 1. The first-order valence-corrected chi connectivity index (χ1v) is 7.94. The van der Waals surface area contributed by atoms with Gasteiger partial charge in [0.25, 0.3) is 0 Å². The maximum Gasteiger partial charge on any atom is 0.228 e. The van der Waals surface area contributed by atoms with E-state index in [1.165, 1.54) is 11.5 Å². The number of anilines is 1. The Morgan fingerprint density at radius 1 is 1.30 bits per heavy atom. The second-order valence-electron chi connectivity index (χ2n) is 5.54. The SMILES string of the molecule is Cc1nsc(N2CCN(C(=O)C3CCCC3O)CC2)n1. The van der Waals surface area contributed by atoms with Crippen molar-refractivity contribution in [1.29, 1.82) is 0 Å². The molecule has 2 unspecified atom stereocenters. The van der Waals surface area contributed by atoms with E-state index in [2.05, 4.69) is 14.3 Å². The average molecular weight is 296 g/mol. The summed E-state index contributed by atoms with van der Waals surface area (Å²) < 4.78 is 4.19. The Labute approximate surface area is 122 Å². The standard InChI is InChI=1S/C13H20N4O2S/c1-9-14-13(20-15-9)17-7-5-16(6-8-17)12(19)10-3-2-4-11(10)18/h10-11,18H,2-8H2,1H3. The molecule has 0 aromatic carbocycles. The Morgan fingerprint density at radius 3 is 2.60 bits per heavy atom. The highest BCUT2D eigenvalue weighted by Gasteiger charge is 2.35. The van der Waals surface area contributed by atoms with Crippen LogP contribution < -0.4 is 4.90 Å². The average Bonchev–Trinajstić information content (AvgIpc) is 3.07. The molecule has 0 bridgehead atoms. The highest BCUT2D eigenvalue weighted by Crippen LogP contribution is 2.28. The van der Waals surface area contributed by atoms with Gasteiger partial charge in [-0.15, -0.1) is 0 Å². The van der Waals surface area contributed by atoms with Gasteiger partial charge in [0.1, 0.15) is 5.82 Å². The van der Waals surface area contributed by atoms with Crippen molar-refractivity contribution in [3.8, 4) is 0 Å². The number of aryl methyl sites for hydroxylation is 1. The molecule has 2 aliphatic rings. The molecule has 110 valence electrons. The molecule has 7 heteroatoms. The summed E-state index contributed by atoms with van der Waals surface area (Å²) >= 11 is 1.41. The van der Waals surface area contributed by atoms with Crippen molar-refractivity contribution in [3.05, 3.63) is 5.82 Å². The van der Waals surface area contributed by atoms with Gasteiger partial charge in [-0.3, -0.25) is 4.79 Å². The van der Waals surface area contributed by atoms with Crippen LogP contribution in [-0.4, -0.2) is 57.6 Å². The number of aliphatic hydroxyl groups excluding tert-OH is 1. The van der Waals surface area contributed by atoms with Crippen molar-refractivity contribution in [3.63, 3.8) is 0 Å². The molecule has 6 nitrogen and oxygen atoms in total. The Bertz CT molecular complexity index is 484. The number of aromatic nitrogens is 2. The molecule has 2 heterocycles. The van der Waals surface area contributed by atoms with Crippen LogP contribution >= 0.6 is 11.5 Å². The predicted molar refractivity (Wildman–Crippen MR) is 76.8 cm³/mol. The second-order valence-corrected chi connectivity index (χ2v) is 6.27. The summed E-state index contributed by atoms with van der Waals surface area (Å²) in [5.41, 5.74) is 0. The molecule has 1 aromatic rings. The Hall–Kier alpha value is -1.21. The molecule has 1 aromatic heterocycles. The zero-order chi connectivity index (χ0) is 14.1. The maximum absolute atomic E-state index is 12.4. The summed E-state index contributed by atoms with van der Waals surface area (Å²) in [6.07, 6.45) is 2.11. The number of rotatable bonds is 2. The molecule has 3 rings (SSSR count). The molecule has 2 atom stereocenters. The van der Waals surface area contributed by atoms with E-state index in [-0.39, 0.29) is 11.8 Å².